The molecule has 2 nitrogen and oxygen atoms in total. The molecular formula is C9H18O2. The van der Waals surface area contributed by atoms with E-state index in [0.717, 1.165) is 0 Å². The molecule has 0 saturated carbocycles. The molecule has 1 aliphatic rings. The highest BCUT2D eigenvalue weighted by Crippen LogP contribution is 2.39. The third-order valence-corrected chi connectivity index (χ3v) is 2.38. The van der Waals surface area contributed by atoms with E-state index in [1.165, 1.54) is 0 Å². The summed E-state index contributed by atoms with van der Waals surface area (Å²) in [6.07, 6.45) is 0.235. The summed E-state index contributed by atoms with van der Waals surface area (Å²) in [5.41, 5.74) is 0.0533. The minimum absolute atomic E-state index is 0.0533. The largest absolute Gasteiger partial charge is 0.347 e. The molecule has 0 aliphatic carbocycles. The smallest absolute Gasteiger partial charge is 0.170 e. The van der Waals surface area contributed by atoms with Crippen molar-refractivity contribution in [2.75, 3.05) is 6.61 Å². The van der Waals surface area contributed by atoms with Crippen LogP contribution in [0.25, 0.3) is 0 Å². The minimum Gasteiger partial charge on any atom is -0.347 e. The van der Waals surface area contributed by atoms with Crippen LogP contribution in [0.15, 0.2) is 0 Å². The van der Waals surface area contributed by atoms with Crippen molar-refractivity contribution in [3.63, 3.8) is 0 Å². The van der Waals surface area contributed by atoms with Gasteiger partial charge in [-0.1, -0.05) is 20.8 Å². The maximum Gasteiger partial charge on any atom is 0.170 e. The first-order valence-electron chi connectivity index (χ1n) is 4.17. The number of rotatable bonds is 0. The average Bonchev–Trinajstić information content (AvgIpc) is 2.10. The van der Waals surface area contributed by atoms with Crippen LogP contribution in [0.2, 0.25) is 0 Å². The van der Waals surface area contributed by atoms with Crippen molar-refractivity contribution in [1.29, 1.82) is 0 Å². The summed E-state index contributed by atoms with van der Waals surface area (Å²) < 4.78 is 11.3. The molecule has 0 aromatic heterocycles. The zero-order valence-electron chi connectivity index (χ0n) is 8.10. The number of hydrogen-bond acceptors (Lipinski definition) is 2. The van der Waals surface area contributed by atoms with E-state index in [4.69, 9.17) is 9.47 Å². The van der Waals surface area contributed by atoms with E-state index in [0.29, 0.717) is 6.61 Å². The monoisotopic (exact) mass is 158 g/mol. The molecule has 1 fully saturated rings. The van der Waals surface area contributed by atoms with E-state index in [2.05, 4.69) is 20.8 Å². The molecule has 0 aromatic carbocycles. The van der Waals surface area contributed by atoms with Crippen LogP contribution in [0, 0.1) is 5.41 Å². The molecule has 11 heavy (non-hydrogen) atoms. The van der Waals surface area contributed by atoms with Gasteiger partial charge in [0.25, 0.3) is 0 Å². The average molecular weight is 158 g/mol. The summed E-state index contributed by atoms with van der Waals surface area (Å²) >= 11 is 0. The third-order valence-electron chi connectivity index (χ3n) is 2.38. The molecule has 0 bridgehead atoms. The van der Waals surface area contributed by atoms with Gasteiger partial charge in [-0.05, 0) is 13.8 Å². The van der Waals surface area contributed by atoms with Crippen LogP contribution < -0.4 is 0 Å². The second kappa shape index (κ2) is 2.46. The lowest BCUT2D eigenvalue weighted by Crippen LogP contribution is -2.41. The highest BCUT2D eigenvalue weighted by molar-refractivity contribution is 4.84. The van der Waals surface area contributed by atoms with Crippen molar-refractivity contribution in [3.8, 4) is 0 Å². The molecule has 0 amide bonds. The van der Waals surface area contributed by atoms with Crippen LogP contribution >= 0.6 is 0 Å². The first kappa shape index (κ1) is 9.01. The summed E-state index contributed by atoms with van der Waals surface area (Å²) in [5, 5.41) is 0. The van der Waals surface area contributed by atoms with Crippen LogP contribution in [0.3, 0.4) is 0 Å². The Balaban J connectivity index is 2.69. The van der Waals surface area contributed by atoms with E-state index in [9.17, 15) is 0 Å². The molecule has 0 spiro atoms. The van der Waals surface area contributed by atoms with E-state index < -0.39 is 5.79 Å². The molecule has 66 valence electrons. The molecule has 2 atom stereocenters. The fourth-order valence-electron chi connectivity index (χ4n) is 1.12. The second-order valence-corrected chi connectivity index (χ2v) is 4.44. The van der Waals surface area contributed by atoms with Crippen molar-refractivity contribution in [2.24, 2.45) is 5.41 Å². The molecule has 1 aliphatic heterocycles. The Morgan fingerprint density at radius 2 is 1.91 bits per heavy atom. The van der Waals surface area contributed by atoms with E-state index in [1.54, 1.807) is 0 Å². The third kappa shape index (κ3) is 1.57. The minimum atomic E-state index is -0.396. The van der Waals surface area contributed by atoms with Crippen LogP contribution in [0.1, 0.15) is 34.6 Å². The van der Waals surface area contributed by atoms with Crippen LogP contribution in [0.5, 0.6) is 0 Å². The highest BCUT2D eigenvalue weighted by atomic mass is 16.7. The van der Waals surface area contributed by atoms with Gasteiger partial charge in [-0.3, -0.25) is 0 Å². The van der Waals surface area contributed by atoms with Crippen LogP contribution in [-0.4, -0.2) is 18.5 Å². The van der Waals surface area contributed by atoms with Crippen molar-refractivity contribution < 1.29 is 9.47 Å². The zero-order chi connectivity index (χ0) is 8.70. The molecule has 1 saturated heterocycles. The van der Waals surface area contributed by atoms with Crippen LogP contribution in [0.4, 0.5) is 0 Å². The van der Waals surface area contributed by atoms with Gasteiger partial charge in [-0.25, -0.2) is 0 Å². The lowest BCUT2D eigenvalue weighted by atomic mass is 9.87. The highest BCUT2D eigenvalue weighted by Gasteiger charge is 2.45. The molecule has 0 aromatic rings. The van der Waals surface area contributed by atoms with Gasteiger partial charge >= 0.3 is 0 Å². The topological polar surface area (TPSA) is 18.5 Å². The second-order valence-electron chi connectivity index (χ2n) is 4.44. The molecular weight excluding hydrogens is 140 g/mol. The van der Waals surface area contributed by atoms with E-state index >= 15 is 0 Å². The Morgan fingerprint density at radius 3 is 2.09 bits per heavy atom. The fourth-order valence-corrected chi connectivity index (χ4v) is 1.12. The van der Waals surface area contributed by atoms with Gasteiger partial charge in [-0.15, -0.1) is 0 Å². The van der Waals surface area contributed by atoms with Crippen LogP contribution in [-0.2, 0) is 9.47 Å². The SMILES string of the molecule is CC1COC(C)(C(C)(C)C)O1. The summed E-state index contributed by atoms with van der Waals surface area (Å²) in [5.74, 6) is -0.396. The first-order chi connectivity index (χ1) is 4.85. The van der Waals surface area contributed by atoms with E-state index in [-0.39, 0.29) is 11.5 Å². The van der Waals surface area contributed by atoms with Crippen molar-refractivity contribution in [2.45, 2.75) is 46.5 Å². The maximum absolute atomic E-state index is 5.69. The number of hydrogen-bond donors (Lipinski definition) is 0. The van der Waals surface area contributed by atoms with E-state index in [1.807, 2.05) is 13.8 Å². The molecule has 1 heterocycles. The predicted molar refractivity (Wildman–Crippen MR) is 44.4 cm³/mol. The summed E-state index contributed by atoms with van der Waals surface area (Å²) in [4.78, 5) is 0. The van der Waals surface area contributed by atoms with Gasteiger partial charge < -0.3 is 9.47 Å². The first-order valence-corrected chi connectivity index (χ1v) is 4.17. The molecule has 0 radical (unpaired) electrons. The molecule has 2 heteroatoms. The van der Waals surface area contributed by atoms with Gasteiger partial charge in [0.2, 0.25) is 0 Å². The lowest BCUT2D eigenvalue weighted by Gasteiger charge is -2.36. The van der Waals surface area contributed by atoms with Gasteiger partial charge in [0.15, 0.2) is 5.79 Å². The Kier molecular flexibility index (Phi) is 2.01. The normalized spacial score (nSPS) is 39.5. The Morgan fingerprint density at radius 1 is 1.36 bits per heavy atom. The van der Waals surface area contributed by atoms with Gasteiger partial charge in [0.05, 0.1) is 12.7 Å². The molecule has 2 unspecified atom stereocenters. The molecule has 1 rings (SSSR count). The summed E-state index contributed by atoms with van der Waals surface area (Å²) in [7, 11) is 0. The van der Waals surface area contributed by atoms with Crippen molar-refractivity contribution >= 4 is 0 Å². The standard InChI is InChI=1S/C9H18O2/c1-7-6-10-9(5,11-7)8(2,3)4/h7H,6H2,1-5H3. The summed E-state index contributed by atoms with van der Waals surface area (Å²) in [6, 6.07) is 0. The molecule has 0 N–H and O–H groups in total. The lowest BCUT2D eigenvalue weighted by molar-refractivity contribution is -0.216. The van der Waals surface area contributed by atoms with Gasteiger partial charge in [0.1, 0.15) is 0 Å². The fraction of sp³-hybridized carbons (Fsp3) is 1.00. The van der Waals surface area contributed by atoms with Gasteiger partial charge in [-0.2, -0.15) is 0 Å². The Hall–Kier alpha value is -0.0800. The van der Waals surface area contributed by atoms with Crippen molar-refractivity contribution in [1.82, 2.24) is 0 Å². The Labute approximate surface area is 68.9 Å². The maximum atomic E-state index is 5.69. The van der Waals surface area contributed by atoms with Gasteiger partial charge in [0, 0.05) is 5.41 Å². The zero-order valence-corrected chi connectivity index (χ0v) is 8.10. The quantitative estimate of drug-likeness (QED) is 0.538. The van der Waals surface area contributed by atoms with Crippen molar-refractivity contribution in [3.05, 3.63) is 0 Å². The predicted octanol–water partition coefficient (Wildman–Crippen LogP) is 2.18. The summed E-state index contributed by atoms with van der Waals surface area (Å²) in [6.45, 7) is 11.2. The Bertz CT molecular complexity index is 148. The number of ether oxygens (including phenoxy) is 2.